The molecule has 120 valence electrons. The summed E-state index contributed by atoms with van der Waals surface area (Å²) in [4.78, 5) is 3.11. The van der Waals surface area contributed by atoms with E-state index in [-0.39, 0.29) is 0 Å². The highest BCUT2D eigenvalue weighted by Crippen LogP contribution is 2.33. The van der Waals surface area contributed by atoms with Gasteiger partial charge in [0.05, 0.1) is 15.3 Å². The van der Waals surface area contributed by atoms with Crippen LogP contribution in [-0.4, -0.2) is 15.2 Å². The summed E-state index contributed by atoms with van der Waals surface area (Å²) in [6, 6.07) is 9.77. The normalized spacial score (nSPS) is 13.2. The Hall–Kier alpha value is -2.12. The zero-order valence-corrected chi connectivity index (χ0v) is 15.5. The van der Waals surface area contributed by atoms with E-state index in [1.54, 1.807) is 6.26 Å². The second kappa shape index (κ2) is 6.07. The highest BCUT2D eigenvalue weighted by molar-refractivity contribution is 9.13. The number of aromatic nitrogens is 3. The molecule has 0 amide bonds. The molecule has 0 atom stereocenters. The largest absolute Gasteiger partial charge is 0.464 e. The van der Waals surface area contributed by atoms with Crippen LogP contribution in [0.5, 0.6) is 5.75 Å². The van der Waals surface area contributed by atoms with Gasteiger partial charge in [0.25, 0.3) is 5.89 Å². The minimum Gasteiger partial charge on any atom is -0.464 e. The van der Waals surface area contributed by atoms with E-state index < -0.39 is 0 Å². The van der Waals surface area contributed by atoms with Crippen LogP contribution in [0, 0.1) is 0 Å². The summed E-state index contributed by atoms with van der Waals surface area (Å²) >= 11 is 6.81. The molecule has 3 heterocycles. The number of ether oxygens (including phenoxy) is 1. The van der Waals surface area contributed by atoms with Crippen LogP contribution >= 0.6 is 31.9 Å². The number of H-pyrrole nitrogens is 1. The monoisotopic (exact) mass is 447 g/mol. The number of rotatable bonds is 3. The highest BCUT2D eigenvalue weighted by atomic mass is 79.9. The van der Waals surface area contributed by atoms with Gasteiger partial charge in [0.15, 0.2) is 0 Å². The van der Waals surface area contributed by atoms with Gasteiger partial charge in [-0.15, -0.1) is 10.2 Å². The predicted molar refractivity (Wildman–Crippen MR) is 97.4 cm³/mol. The smallest absolute Gasteiger partial charge is 0.264 e. The number of fused-ring (bicyclic) bond motifs is 1. The molecule has 0 fully saturated rings. The van der Waals surface area contributed by atoms with Crippen molar-refractivity contribution in [2.75, 3.05) is 0 Å². The van der Waals surface area contributed by atoms with Gasteiger partial charge in [-0.25, -0.2) is 0 Å². The van der Waals surface area contributed by atoms with Crippen LogP contribution in [0.2, 0.25) is 0 Å². The number of hydrogen-bond acceptors (Lipinski definition) is 4. The number of para-hydroxylation sites is 1. The highest BCUT2D eigenvalue weighted by Gasteiger charge is 2.20. The van der Waals surface area contributed by atoms with Gasteiger partial charge in [-0.1, -0.05) is 24.8 Å². The van der Waals surface area contributed by atoms with Crippen molar-refractivity contribution in [2.45, 2.75) is 6.42 Å². The standard InChI is InChI=1S/C17H11Br2N3O2/c1-9(11-6-10-4-2-3-5-14(10)23-8-11)16-21-22-17(24-16)13-7-12(18)15(19)20-13/h2-5,7-8,20H,1,6H2. The fourth-order valence-corrected chi connectivity index (χ4v) is 3.09. The number of benzene rings is 1. The van der Waals surface area contributed by atoms with Crippen LogP contribution in [0.25, 0.3) is 17.2 Å². The first-order valence-corrected chi connectivity index (χ1v) is 8.71. The average Bonchev–Trinajstić information content (AvgIpc) is 3.21. The number of halogens is 2. The number of hydrogen-bond donors (Lipinski definition) is 1. The first-order valence-electron chi connectivity index (χ1n) is 7.13. The lowest BCUT2D eigenvalue weighted by atomic mass is 9.98. The molecule has 4 rings (SSSR count). The number of nitrogens with zero attached hydrogens (tertiary/aromatic N) is 2. The molecule has 1 N–H and O–H groups in total. The van der Waals surface area contributed by atoms with Crippen molar-refractivity contribution < 1.29 is 9.15 Å². The van der Waals surface area contributed by atoms with Crippen molar-refractivity contribution in [3.63, 3.8) is 0 Å². The zero-order valence-electron chi connectivity index (χ0n) is 12.3. The van der Waals surface area contributed by atoms with Crippen molar-refractivity contribution in [3.05, 3.63) is 69.3 Å². The Bertz CT molecular complexity index is 952. The Morgan fingerprint density at radius 3 is 2.83 bits per heavy atom. The van der Waals surface area contributed by atoms with Crippen LogP contribution in [0.4, 0.5) is 0 Å². The lowest BCUT2D eigenvalue weighted by Gasteiger charge is -2.17. The maximum atomic E-state index is 5.75. The average molecular weight is 449 g/mol. The molecule has 24 heavy (non-hydrogen) atoms. The van der Waals surface area contributed by atoms with E-state index >= 15 is 0 Å². The molecule has 5 nitrogen and oxygen atoms in total. The van der Waals surface area contributed by atoms with E-state index in [2.05, 4.69) is 53.6 Å². The van der Waals surface area contributed by atoms with Crippen molar-refractivity contribution in [3.8, 4) is 17.3 Å². The maximum Gasteiger partial charge on any atom is 0.264 e. The third kappa shape index (κ3) is 2.74. The minimum atomic E-state index is 0.376. The van der Waals surface area contributed by atoms with Gasteiger partial charge in [-0.2, -0.15) is 0 Å². The molecule has 1 aliphatic rings. The second-order valence-corrected chi connectivity index (χ2v) is 6.93. The lowest BCUT2D eigenvalue weighted by Crippen LogP contribution is -2.04. The SMILES string of the molecule is C=C(C1=COc2ccccc2C1)c1nnc(-c2cc(Br)c(Br)[nH]2)o1. The van der Waals surface area contributed by atoms with Crippen molar-refractivity contribution >= 4 is 37.4 Å². The lowest BCUT2D eigenvalue weighted by molar-refractivity contribution is 0.459. The summed E-state index contributed by atoms with van der Waals surface area (Å²) < 4.78 is 13.1. The van der Waals surface area contributed by atoms with Crippen molar-refractivity contribution in [1.82, 2.24) is 15.2 Å². The molecule has 7 heteroatoms. The van der Waals surface area contributed by atoms with Gasteiger partial charge < -0.3 is 14.1 Å². The van der Waals surface area contributed by atoms with Gasteiger partial charge in [0.1, 0.15) is 11.4 Å². The number of allylic oxidation sites excluding steroid dienone is 2. The third-order valence-corrected chi connectivity index (χ3v) is 5.49. The van der Waals surface area contributed by atoms with Gasteiger partial charge in [-0.3, -0.25) is 0 Å². The van der Waals surface area contributed by atoms with Gasteiger partial charge >= 0.3 is 0 Å². The molecule has 0 radical (unpaired) electrons. The zero-order chi connectivity index (χ0) is 16.7. The molecule has 0 aliphatic carbocycles. The van der Waals surface area contributed by atoms with Crippen LogP contribution in [0.15, 0.2) is 62.2 Å². The number of nitrogens with one attached hydrogen (secondary N) is 1. The summed E-state index contributed by atoms with van der Waals surface area (Å²) in [6.45, 7) is 4.08. The summed E-state index contributed by atoms with van der Waals surface area (Å²) in [6.07, 6.45) is 2.41. The number of aromatic amines is 1. The van der Waals surface area contributed by atoms with Crippen LogP contribution < -0.4 is 4.74 Å². The molecular weight excluding hydrogens is 438 g/mol. The molecule has 0 saturated heterocycles. The molecular formula is C17H11Br2N3O2. The topological polar surface area (TPSA) is 63.9 Å². The molecule has 0 spiro atoms. The second-order valence-electron chi connectivity index (χ2n) is 5.28. The van der Waals surface area contributed by atoms with Gasteiger partial charge in [0.2, 0.25) is 5.89 Å². The Morgan fingerprint density at radius 2 is 2.04 bits per heavy atom. The Morgan fingerprint density at radius 1 is 1.21 bits per heavy atom. The Labute approximate surface area is 154 Å². The molecule has 1 aromatic carbocycles. The third-order valence-electron chi connectivity index (χ3n) is 3.71. The summed E-state index contributed by atoms with van der Waals surface area (Å²) in [5.74, 6) is 1.64. The van der Waals surface area contributed by atoms with E-state index in [9.17, 15) is 0 Å². The molecule has 1 aliphatic heterocycles. The van der Waals surface area contributed by atoms with Gasteiger partial charge in [0, 0.05) is 17.6 Å². The fourth-order valence-electron chi connectivity index (χ4n) is 2.43. The van der Waals surface area contributed by atoms with E-state index in [1.807, 2.05) is 30.3 Å². The van der Waals surface area contributed by atoms with E-state index in [4.69, 9.17) is 9.15 Å². The van der Waals surface area contributed by atoms with Gasteiger partial charge in [-0.05, 0) is 49.6 Å². The molecule has 0 unspecified atom stereocenters. The molecule has 3 aromatic rings. The Balaban J connectivity index is 1.59. The van der Waals surface area contributed by atoms with Crippen LogP contribution in [0.1, 0.15) is 11.5 Å². The van der Waals surface area contributed by atoms with E-state index in [1.165, 1.54) is 0 Å². The fraction of sp³-hybridized carbons (Fsp3) is 0.0588. The summed E-state index contributed by atoms with van der Waals surface area (Å²) in [5.41, 5.74) is 3.40. The van der Waals surface area contributed by atoms with Crippen LogP contribution in [0.3, 0.4) is 0 Å². The van der Waals surface area contributed by atoms with Crippen LogP contribution in [-0.2, 0) is 6.42 Å². The first-order chi connectivity index (χ1) is 11.6. The van der Waals surface area contributed by atoms with Crippen molar-refractivity contribution in [1.29, 1.82) is 0 Å². The molecule has 2 aromatic heterocycles. The minimum absolute atomic E-state index is 0.376. The molecule has 0 bridgehead atoms. The first kappa shape index (κ1) is 15.4. The van der Waals surface area contributed by atoms with E-state index in [0.29, 0.717) is 23.8 Å². The Kier molecular flexibility index (Phi) is 3.90. The quantitative estimate of drug-likeness (QED) is 0.603. The summed E-state index contributed by atoms with van der Waals surface area (Å²) in [5, 5.41) is 8.18. The predicted octanol–water partition coefficient (Wildman–Crippen LogP) is 5.12. The van der Waals surface area contributed by atoms with Crippen molar-refractivity contribution in [2.24, 2.45) is 0 Å². The molecule has 0 saturated carbocycles. The van der Waals surface area contributed by atoms with E-state index in [0.717, 1.165) is 31.7 Å². The summed E-state index contributed by atoms with van der Waals surface area (Å²) in [7, 11) is 0. The maximum absolute atomic E-state index is 5.75.